The zero-order valence-corrected chi connectivity index (χ0v) is 24.2. The summed E-state index contributed by atoms with van der Waals surface area (Å²) in [6.45, 7) is 8.94. The lowest BCUT2D eigenvalue weighted by Crippen LogP contribution is -2.51. The Hall–Kier alpha value is -3.75. The summed E-state index contributed by atoms with van der Waals surface area (Å²) in [7, 11) is 0. The Balaban J connectivity index is 1.32. The molecule has 2 amide bonds. The molecule has 2 aliphatic heterocycles. The first kappa shape index (κ1) is 28.8. The number of nitrogens with zero attached hydrogens (tertiary/aromatic N) is 1. The molecule has 5 rings (SSSR count). The Morgan fingerprint density at radius 1 is 1.12 bits per heavy atom. The summed E-state index contributed by atoms with van der Waals surface area (Å²) in [4.78, 5) is 52.6. The number of esters is 1. The molecule has 0 aromatic heterocycles. The lowest BCUT2D eigenvalue weighted by atomic mass is 9.86. The molecule has 0 unspecified atom stereocenters. The Morgan fingerprint density at radius 2 is 1.80 bits per heavy atom. The topological polar surface area (TPSA) is 116 Å². The van der Waals surface area contributed by atoms with E-state index >= 15 is 4.39 Å². The van der Waals surface area contributed by atoms with Gasteiger partial charge in [0.05, 0.1) is 11.6 Å². The Kier molecular flexibility index (Phi) is 7.20. The monoisotopic (exact) mass is 564 g/mol. The van der Waals surface area contributed by atoms with Crippen molar-refractivity contribution in [3.05, 3.63) is 58.9 Å². The van der Waals surface area contributed by atoms with Gasteiger partial charge in [-0.25, -0.2) is 14.0 Å². The maximum absolute atomic E-state index is 15.3. The summed E-state index contributed by atoms with van der Waals surface area (Å²) in [5.74, 6) is -2.76. The largest absolute Gasteiger partial charge is 0.451 e. The van der Waals surface area contributed by atoms with Gasteiger partial charge in [0.2, 0.25) is 5.91 Å². The number of hydrogen-bond acceptors (Lipinski definition) is 6. The molecule has 1 aliphatic carbocycles. The van der Waals surface area contributed by atoms with E-state index in [4.69, 9.17) is 15.2 Å². The molecule has 2 fully saturated rings. The van der Waals surface area contributed by atoms with Crippen molar-refractivity contribution in [3.8, 4) is 11.1 Å². The second kappa shape index (κ2) is 10.3. The van der Waals surface area contributed by atoms with Crippen LogP contribution in [0, 0.1) is 17.7 Å². The number of Topliss-reactive ketones (excluding diaryl/α,β-unsaturated/α-hetero) is 1. The Bertz CT molecular complexity index is 1430. The lowest BCUT2D eigenvalue weighted by Gasteiger charge is -2.36. The highest BCUT2D eigenvalue weighted by molar-refractivity contribution is 5.95. The molecule has 4 atom stereocenters. The molecule has 3 aliphatic rings. The van der Waals surface area contributed by atoms with Crippen LogP contribution < -0.4 is 5.73 Å². The highest BCUT2D eigenvalue weighted by Gasteiger charge is 2.52. The van der Waals surface area contributed by atoms with E-state index in [1.54, 1.807) is 63.8 Å². The van der Waals surface area contributed by atoms with Crippen LogP contribution in [0.15, 0.2) is 36.4 Å². The lowest BCUT2D eigenvalue weighted by molar-refractivity contribution is -0.131. The van der Waals surface area contributed by atoms with E-state index in [-0.39, 0.29) is 42.1 Å². The number of rotatable bonds is 7. The summed E-state index contributed by atoms with van der Waals surface area (Å²) in [5.41, 5.74) is 7.02. The van der Waals surface area contributed by atoms with Crippen LogP contribution in [-0.2, 0) is 31.1 Å². The van der Waals surface area contributed by atoms with Crippen molar-refractivity contribution in [2.45, 2.75) is 90.0 Å². The Morgan fingerprint density at radius 3 is 2.46 bits per heavy atom. The molecule has 0 spiro atoms. The normalized spacial score (nSPS) is 23.2. The highest BCUT2D eigenvalue weighted by Crippen LogP contribution is 2.44. The number of ether oxygens (including phenoxy) is 2. The van der Waals surface area contributed by atoms with Gasteiger partial charge in [0.1, 0.15) is 17.0 Å². The predicted octanol–water partition coefficient (Wildman–Crippen LogP) is 5.29. The molecule has 2 bridgehead atoms. The maximum Gasteiger partial charge on any atom is 0.411 e. The standard InChI is InChI=1S/C32H37FN2O6/c1-31(2,3)41-30(39)35-22-10-8-20(13-22)27(35)26(36)16-21(28(34)37)12-19-7-6-18(15-25(19)33)17-9-11-23-24(14-17)32(4,5)40-29(23)38/h6-7,9,11,14-15,20-22,27H,8,10,12-13,16H2,1-5H3,(H2,34,37)/t20-,21+,22+,27-/m0/s1. The van der Waals surface area contributed by atoms with E-state index < -0.39 is 41.0 Å². The summed E-state index contributed by atoms with van der Waals surface area (Å²) < 4.78 is 26.4. The van der Waals surface area contributed by atoms with Crippen LogP contribution in [-0.4, -0.2) is 46.3 Å². The fourth-order valence-corrected chi connectivity index (χ4v) is 6.52. The van der Waals surface area contributed by atoms with Gasteiger partial charge in [-0.15, -0.1) is 0 Å². The number of likely N-dealkylation sites (tertiary alicyclic amines) is 1. The number of amides is 2. The average Bonchev–Trinajstić information content (AvgIpc) is 3.55. The van der Waals surface area contributed by atoms with E-state index in [2.05, 4.69) is 0 Å². The smallest absolute Gasteiger partial charge is 0.411 e. The molecular weight excluding hydrogens is 527 g/mol. The maximum atomic E-state index is 15.3. The van der Waals surface area contributed by atoms with Crippen molar-refractivity contribution in [1.29, 1.82) is 0 Å². The molecule has 8 nitrogen and oxygen atoms in total. The zero-order chi connectivity index (χ0) is 29.9. The molecular formula is C32H37FN2O6. The zero-order valence-electron chi connectivity index (χ0n) is 24.2. The van der Waals surface area contributed by atoms with Gasteiger partial charge in [0.15, 0.2) is 5.78 Å². The van der Waals surface area contributed by atoms with E-state index in [1.165, 1.54) is 6.07 Å². The number of carbonyl (C=O) groups excluding carboxylic acids is 4. The molecule has 2 N–H and O–H groups in total. The molecule has 2 heterocycles. The second-order valence-electron chi connectivity index (χ2n) is 13.0. The predicted molar refractivity (Wildman–Crippen MR) is 149 cm³/mol. The Labute approximate surface area is 239 Å². The number of hydrogen-bond donors (Lipinski definition) is 1. The second-order valence-corrected chi connectivity index (χ2v) is 13.0. The third-order valence-corrected chi connectivity index (χ3v) is 8.46. The van der Waals surface area contributed by atoms with Crippen molar-refractivity contribution in [2.75, 3.05) is 0 Å². The summed E-state index contributed by atoms with van der Waals surface area (Å²) >= 11 is 0. The van der Waals surface area contributed by atoms with Crippen LogP contribution in [0.3, 0.4) is 0 Å². The third-order valence-electron chi connectivity index (χ3n) is 8.46. The van der Waals surface area contributed by atoms with E-state index in [9.17, 15) is 19.2 Å². The van der Waals surface area contributed by atoms with Crippen molar-refractivity contribution in [3.63, 3.8) is 0 Å². The molecule has 2 aromatic carbocycles. The van der Waals surface area contributed by atoms with Crippen molar-refractivity contribution in [1.82, 2.24) is 4.90 Å². The molecule has 2 aromatic rings. The number of primary amides is 1. The minimum Gasteiger partial charge on any atom is -0.451 e. The first-order valence-electron chi connectivity index (χ1n) is 14.1. The minimum atomic E-state index is -0.925. The van der Waals surface area contributed by atoms with Crippen LogP contribution in [0.5, 0.6) is 0 Å². The van der Waals surface area contributed by atoms with E-state index in [1.807, 2.05) is 6.07 Å². The van der Waals surface area contributed by atoms with Crippen LogP contribution >= 0.6 is 0 Å². The first-order valence-corrected chi connectivity index (χ1v) is 14.1. The molecule has 218 valence electrons. The number of fused-ring (bicyclic) bond motifs is 3. The van der Waals surface area contributed by atoms with Crippen molar-refractivity contribution in [2.24, 2.45) is 17.6 Å². The molecule has 41 heavy (non-hydrogen) atoms. The van der Waals surface area contributed by atoms with Gasteiger partial charge in [-0.1, -0.05) is 18.2 Å². The number of piperidine rings is 1. The summed E-state index contributed by atoms with van der Waals surface area (Å²) in [6.07, 6.45) is 1.63. The minimum absolute atomic E-state index is 0.0163. The first-order chi connectivity index (χ1) is 19.1. The van der Waals surface area contributed by atoms with Gasteiger partial charge >= 0.3 is 12.1 Å². The fraction of sp³-hybridized carbons (Fsp3) is 0.500. The van der Waals surface area contributed by atoms with Gasteiger partial charge in [0, 0.05) is 23.9 Å². The molecule has 9 heteroatoms. The molecule has 1 saturated carbocycles. The number of carbonyl (C=O) groups is 4. The van der Waals surface area contributed by atoms with Gasteiger partial charge in [-0.2, -0.15) is 0 Å². The van der Waals surface area contributed by atoms with Crippen LogP contribution in [0.4, 0.5) is 9.18 Å². The van der Waals surface area contributed by atoms with Gasteiger partial charge in [-0.3, -0.25) is 14.5 Å². The number of nitrogens with two attached hydrogens (primary N) is 1. The van der Waals surface area contributed by atoms with Crippen LogP contribution in [0.25, 0.3) is 11.1 Å². The van der Waals surface area contributed by atoms with Crippen molar-refractivity contribution < 1.29 is 33.0 Å². The summed E-state index contributed by atoms with van der Waals surface area (Å²) in [5, 5.41) is 0. The number of benzene rings is 2. The third kappa shape index (κ3) is 5.59. The van der Waals surface area contributed by atoms with Gasteiger partial charge < -0.3 is 15.2 Å². The SMILES string of the molecule is CC(C)(C)OC(=O)N1[C@@H]2CC[C@@H](C2)[C@H]1C(=O)C[C@@H](Cc1ccc(-c2ccc3c(c2)C(C)(C)OC3=O)cc1F)C(N)=O. The van der Waals surface area contributed by atoms with E-state index in [0.717, 1.165) is 30.4 Å². The van der Waals surface area contributed by atoms with Gasteiger partial charge in [0.25, 0.3) is 0 Å². The fourth-order valence-electron chi connectivity index (χ4n) is 6.52. The quantitative estimate of drug-likeness (QED) is 0.457. The van der Waals surface area contributed by atoms with Gasteiger partial charge in [-0.05, 0) is 101 Å². The van der Waals surface area contributed by atoms with Crippen LogP contribution in [0.2, 0.25) is 0 Å². The highest BCUT2D eigenvalue weighted by atomic mass is 19.1. The number of cyclic esters (lactones) is 1. The van der Waals surface area contributed by atoms with E-state index in [0.29, 0.717) is 11.1 Å². The molecule has 1 saturated heterocycles. The average molecular weight is 565 g/mol. The number of ketones is 1. The summed E-state index contributed by atoms with van der Waals surface area (Å²) in [6, 6.07) is 9.23. The molecule has 0 radical (unpaired) electrons. The van der Waals surface area contributed by atoms with Crippen molar-refractivity contribution >= 4 is 23.8 Å². The number of halogens is 1. The van der Waals surface area contributed by atoms with Crippen LogP contribution in [0.1, 0.15) is 81.8 Å².